The molecule has 0 aliphatic heterocycles. The van der Waals surface area contributed by atoms with E-state index >= 15 is 0 Å². The second-order valence-corrected chi connectivity index (χ2v) is 5.56. The van der Waals surface area contributed by atoms with Crippen LogP contribution >= 0.6 is 0 Å². The largest absolute Gasteiger partial charge is 0.324 e. The van der Waals surface area contributed by atoms with E-state index in [4.69, 9.17) is 5.73 Å². The average molecular weight is 239 g/mol. The normalized spacial score (nSPS) is 17.1. The van der Waals surface area contributed by atoms with Crippen LogP contribution in [0.5, 0.6) is 0 Å². The van der Waals surface area contributed by atoms with Crippen LogP contribution in [0.1, 0.15) is 43.0 Å². The van der Waals surface area contributed by atoms with Crippen LogP contribution in [0.15, 0.2) is 30.3 Å². The summed E-state index contributed by atoms with van der Waals surface area (Å²) >= 11 is 0. The van der Waals surface area contributed by atoms with E-state index in [0.29, 0.717) is 5.92 Å². The summed E-state index contributed by atoms with van der Waals surface area (Å²) in [7, 11) is 0. The topological polar surface area (TPSA) is 26.0 Å². The molecular formula is C17H21N. The van der Waals surface area contributed by atoms with Crippen molar-refractivity contribution in [3.63, 3.8) is 0 Å². The number of rotatable bonds is 3. The van der Waals surface area contributed by atoms with Crippen LogP contribution in [0.25, 0.3) is 10.8 Å². The lowest BCUT2D eigenvalue weighted by Crippen LogP contribution is -2.18. The fourth-order valence-corrected chi connectivity index (χ4v) is 3.12. The minimum Gasteiger partial charge on any atom is -0.324 e. The number of benzene rings is 2. The van der Waals surface area contributed by atoms with E-state index in [1.807, 2.05) is 0 Å². The molecule has 0 radical (unpaired) electrons. The van der Waals surface area contributed by atoms with Gasteiger partial charge in [0.25, 0.3) is 0 Å². The van der Waals surface area contributed by atoms with Crippen LogP contribution in [0.3, 0.4) is 0 Å². The highest BCUT2D eigenvalue weighted by atomic mass is 14.6. The molecule has 0 bridgehead atoms. The van der Waals surface area contributed by atoms with Gasteiger partial charge in [-0.25, -0.2) is 0 Å². The molecule has 3 rings (SSSR count). The van der Waals surface area contributed by atoms with Crippen LogP contribution in [0.2, 0.25) is 0 Å². The number of aryl methyl sites for hydroxylation is 2. The smallest absolute Gasteiger partial charge is 0.0326 e. The summed E-state index contributed by atoms with van der Waals surface area (Å²) in [6.07, 6.45) is 3.51. The van der Waals surface area contributed by atoms with Crippen molar-refractivity contribution in [2.24, 2.45) is 11.7 Å². The van der Waals surface area contributed by atoms with Gasteiger partial charge < -0.3 is 5.73 Å². The van der Waals surface area contributed by atoms with E-state index in [-0.39, 0.29) is 6.04 Å². The Hall–Kier alpha value is -1.34. The zero-order valence-corrected chi connectivity index (χ0v) is 11.2. The minimum atomic E-state index is 0.153. The Morgan fingerprint density at radius 1 is 1.11 bits per heavy atom. The zero-order valence-electron chi connectivity index (χ0n) is 11.2. The van der Waals surface area contributed by atoms with Gasteiger partial charge in [0.15, 0.2) is 0 Å². The molecule has 0 saturated carbocycles. The van der Waals surface area contributed by atoms with Crippen molar-refractivity contribution in [1.82, 2.24) is 0 Å². The quantitative estimate of drug-likeness (QED) is 0.861. The molecule has 0 aromatic heterocycles. The summed E-state index contributed by atoms with van der Waals surface area (Å²) in [6.45, 7) is 4.46. The van der Waals surface area contributed by atoms with E-state index in [2.05, 4.69) is 44.2 Å². The average Bonchev–Trinajstić information content (AvgIpc) is 2.83. The van der Waals surface area contributed by atoms with Gasteiger partial charge in [-0.05, 0) is 46.2 Å². The number of hydrogen-bond acceptors (Lipinski definition) is 1. The first-order valence-corrected chi connectivity index (χ1v) is 7.01. The van der Waals surface area contributed by atoms with Gasteiger partial charge in [-0.2, -0.15) is 0 Å². The van der Waals surface area contributed by atoms with Crippen LogP contribution in [0.4, 0.5) is 0 Å². The highest BCUT2D eigenvalue weighted by molar-refractivity contribution is 5.93. The molecule has 2 aromatic rings. The van der Waals surface area contributed by atoms with E-state index in [1.165, 1.54) is 40.3 Å². The summed E-state index contributed by atoms with van der Waals surface area (Å²) < 4.78 is 0. The van der Waals surface area contributed by atoms with Crippen LogP contribution in [-0.4, -0.2) is 0 Å². The summed E-state index contributed by atoms with van der Waals surface area (Å²) in [6, 6.07) is 11.4. The predicted molar refractivity (Wildman–Crippen MR) is 77.7 cm³/mol. The minimum absolute atomic E-state index is 0.153. The Kier molecular flexibility index (Phi) is 2.87. The molecule has 1 heteroatoms. The second kappa shape index (κ2) is 4.40. The molecule has 18 heavy (non-hydrogen) atoms. The number of nitrogens with two attached hydrogens (primary N) is 1. The number of hydrogen-bond donors (Lipinski definition) is 1. The van der Waals surface area contributed by atoms with Gasteiger partial charge in [0.1, 0.15) is 0 Å². The first-order chi connectivity index (χ1) is 8.72. The molecule has 2 aromatic carbocycles. The van der Waals surface area contributed by atoms with Crippen molar-refractivity contribution in [2.45, 2.75) is 39.2 Å². The van der Waals surface area contributed by atoms with Gasteiger partial charge in [-0.3, -0.25) is 0 Å². The summed E-state index contributed by atoms with van der Waals surface area (Å²) in [5, 5.41) is 2.86. The molecule has 0 spiro atoms. The van der Waals surface area contributed by atoms with Crippen molar-refractivity contribution < 1.29 is 0 Å². The lowest BCUT2D eigenvalue weighted by atomic mass is 9.88. The first-order valence-electron chi connectivity index (χ1n) is 7.01. The lowest BCUT2D eigenvalue weighted by Gasteiger charge is -2.21. The van der Waals surface area contributed by atoms with Crippen molar-refractivity contribution in [2.75, 3.05) is 0 Å². The summed E-state index contributed by atoms with van der Waals surface area (Å²) in [4.78, 5) is 0. The lowest BCUT2D eigenvalue weighted by molar-refractivity contribution is 0.459. The van der Waals surface area contributed by atoms with Gasteiger partial charge in [0.05, 0.1) is 0 Å². The van der Waals surface area contributed by atoms with E-state index in [9.17, 15) is 0 Å². The fourth-order valence-electron chi connectivity index (χ4n) is 3.12. The van der Waals surface area contributed by atoms with E-state index < -0.39 is 0 Å². The molecule has 1 aliphatic rings. The third-order valence-electron chi connectivity index (χ3n) is 4.53. The highest BCUT2D eigenvalue weighted by Crippen LogP contribution is 2.36. The highest BCUT2D eigenvalue weighted by Gasteiger charge is 2.20. The Balaban J connectivity index is 2.20. The van der Waals surface area contributed by atoms with Crippen molar-refractivity contribution >= 4 is 10.8 Å². The SMILES string of the molecule is CCC(C)C(N)c1ccc2c3c(cccc13)CC2. The first kappa shape index (κ1) is 11.7. The van der Waals surface area contributed by atoms with Gasteiger partial charge in [0.2, 0.25) is 0 Å². The molecule has 0 fully saturated rings. The molecule has 0 amide bonds. The van der Waals surface area contributed by atoms with Crippen LogP contribution in [0, 0.1) is 5.92 Å². The molecule has 0 saturated heterocycles. The predicted octanol–water partition coefficient (Wildman–Crippen LogP) is 3.98. The van der Waals surface area contributed by atoms with Crippen molar-refractivity contribution in [3.05, 3.63) is 47.0 Å². The Morgan fingerprint density at radius 3 is 2.56 bits per heavy atom. The summed E-state index contributed by atoms with van der Waals surface area (Å²) in [5.41, 5.74) is 10.8. The second-order valence-electron chi connectivity index (χ2n) is 5.56. The molecule has 1 aliphatic carbocycles. The summed E-state index contributed by atoms with van der Waals surface area (Å²) in [5.74, 6) is 0.531. The van der Waals surface area contributed by atoms with E-state index in [1.54, 1.807) is 0 Å². The third-order valence-corrected chi connectivity index (χ3v) is 4.53. The molecule has 2 unspecified atom stereocenters. The molecule has 94 valence electrons. The van der Waals surface area contributed by atoms with E-state index in [0.717, 1.165) is 6.42 Å². The van der Waals surface area contributed by atoms with Crippen LogP contribution < -0.4 is 5.73 Å². The maximum atomic E-state index is 6.44. The van der Waals surface area contributed by atoms with Gasteiger partial charge in [-0.15, -0.1) is 0 Å². The van der Waals surface area contributed by atoms with Gasteiger partial charge >= 0.3 is 0 Å². The fraction of sp³-hybridized carbons (Fsp3) is 0.412. The monoisotopic (exact) mass is 239 g/mol. The maximum absolute atomic E-state index is 6.44. The van der Waals surface area contributed by atoms with Crippen molar-refractivity contribution in [3.8, 4) is 0 Å². The standard InChI is InChI=1S/C17H21N/c1-3-11(2)17(18)15-10-9-13-8-7-12-5-4-6-14(15)16(12)13/h4-6,9-11,17H,3,7-8,18H2,1-2H3. The zero-order chi connectivity index (χ0) is 12.7. The molecule has 2 atom stereocenters. The van der Waals surface area contributed by atoms with Gasteiger partial charge in [0, 0.05) is 6.04 Å². The molecule has 1 nitrogen and oxygen atoms in total. The molecule has 2 N–H and O–H groups in total. The third kappa shape index (κ3) is 1.65. The van der Waals surface area contributed by atoms with Crippen molar-refractivity contribution in [1.29, 1.82) is 0 Å². The van der Waals surface area contributed by atoms with Gasteiger partial charge in [-0.1, -0.05) is 50.6 Å². The Bertz CT molecular complexity index is 575. The maximum Gasteiger partial charge on any atom is 0.0326 e. The Labute approximate surface area is 109 Å². The molecular weight excluding hydrogens is 218 g/mol. The Morgan fingerprint density at radius 2 is 1.83 bits per heavy atom. The van der Waals surface area contributed by atoms with Crippen LogP contribution in [-0.2, 0) is 12.8 Å². The molecule has 0 heterocycles.